The molecular weight excluding hydrogens is 168 g/mol. The summed E-state index contributed by atoms with van der Waals surface area (Å²) in [7, 11) is 0. The molecule has 1 amide bonds. The summed E-state index contributed by atoms with van der Waals surface area (Å²) in [6, 6.07) is 3.07. The number of hydrogen-bond donors (Lipinski definition) is 2. The van der Waals surface area contributed by atoms with Gasteiger partial charge < -0.3 is 10.3 Å². The van der Waals surface area contributed by atoms with E-state index in [9.17, 15) is 9.59 Å². The first kappa shape index (κ1) is 9.25. The molecule has 13 heavy (non-hydrogen) atoms. The highest BCUT2D eigenvalue weighted by molar-refractivity contribution is 5.94. The Bertz CT molecular complexity index is 379. The molecule has 0 radical (unpaired) electrons. The van der Waals surface area contributed by atoms with Gasteiger partial charge in [-0.1, -0.05) is 6.08 Å². The molecular formula is C9H10N2O2. The van der Waals surface area contributed by atoms with E-state index in [2.05, 4.69) is 10.3 Å². The van der Waals surface area contributed by atoms with E-state index in [0.29, 0.717) is 0 Å². The lowest BCUT2D eigenvalue weighted by atomic mass is 10.2. The van der Waals surface area contributed by atoms with Gasteiger partial charge in [0.2, 0.25) is 0 Å². The molecule has 4 heteroatoms. The molecule has 2 N–H and O–H groups in total. The van der Waals surface area contributed by atoms with Crippen LogP contribution in [0.15, 0.2) is 35.4 Å². The van der Waals surface area contributed by atoms with E-state index >= 15 is 0 Å². The van der Waals surface area contributed by atoms with Crippen molar-refractivity contribution >= 4 is 5.91 Å². The van der Waals surface area contributed by atoms with Gasteiger partial charge in [-0.25, -0.2) is 0 Å². The SMILES string of the molecule is C/C=C\NC(=O)c1ccc[nH]c1=O. The summed E-state index contributed by atoms with van der Waals surface area (Å²) in [6.07, 6.45) is 4.64. The fourth-order valence-electron chi connectivity index (χ4n) is 0.837. The molecule has 1 aromatic rings. The molecule has 0 fully saturated rings. The Labute approximate surface area is 75.3 Å². The Morgan fingerprint density at radius 1 is 1.62 bits per heavy atom. The summed E-state index contributed by atoms with van der Waals surface area (Å²) in [4.78, 5) is 24.7. The maximum atomic E-state index is 11.2. The van der Waals surface area contributed by atoms with E-state index in [1.165, 1.54) is 18.5 Å². The van der Waals surface area contributed by atoms with Crippen molar-refractivity contribution < 1.29 is 4.79 Å². The Hall–Kier alpha value is -1.84. The van der Waals surface area contributed by atoms with Crippen molar-refractivity contribution in [2.75, 3.05) is 0 Å². The van der Waals surface area contributed by atoms with Gasteiger partial charge in [0.1, 0.15) is 5.56 Å². The lowest BCUT2D eigenvalue weighted by Crippen LogP contribution is -2.25. The highest BCUT2D eigenvalue weighted by Gasteiger charge is 2.06. The minimum Gasteiger partial charge on any atom is -0.329 e. The second kappa shape index (κ2) is 4.25. The predicted molar refractivity (Wildman–Crippen MR) is 49.3 cm³/mol. The zero-order chi connectivity index (χ0) is 9.68. The third-order valence-electron chi connectivity index (χ3n) is 1.44. The number of carbonyl (C=O) groups excluding carboxylic acids is 1. The second-order valence-corrected chi connectivity index (χ2v) is 2.39. The number of amides is 1. The third kappa shape index (κ3) is 2.30. The highest BCUT2D eigenvalue weighted by Crippen LogP contribution is 1.88. The molecule has 0 bridgehead atoms. The minimum atomic E-state index is -0.403. The molecule has 0 saturated heterocycles. The second-order valence-electron chi connectivity index (χ2n) is 2.39. The lowest BCUT2D eigenvalue weighted by molar-refractivity contribution is 0.0968. The van der Waals surface area contributed by atoms with Crippen molar-refractivity contribution in [3.8, 4) is 0 Å². The summed E-state index contributed by atoms with van der Waals surface area (Å²) in [5.74, 6) is -0.403. The van der Waals surface area contributed by atoms with Crippen LogP contribution in [0.1, 0.15) is 17.3 Å². The fourth-order valence-corrected chi connectivity index (χ4v) is 0.837. The quantitative estimate of drug-likeness (QED) is 0.698. The Morgan fingerprint density at radius 3 is 3.00 bits per heavy atom. The van der Waals surface area contributed by atoms with Crippen molar-refractivity contribution in [3.05, 3.63) is 46.5 Å². The number of allylic oxidation sites excluding steroid dienone is 1. The first-order valence-electron chi connectivity index (χ1n) is 3.85. The van der Waals surface area contributed by atoms with Gasteiger partial charge in [0.25, 0.3) is 11.5 Å². The van der Waals surface area contributed by atoms with Gasteiger partial charge in [-0.2, -0.15) is 0 Å². The molecule has 4 nitrogen and oxygen atoms in total. The van der Waals surface area contributed by atoms with Crippen LogP contribution in [0.3, 0.4) is 0 Å². The Morgan fingerprint density at radius 2 is 2.38 bits per heavy atom. The normalized spacial score (nSPS) is 10.2. The minimum absolute atomic E-state index is 0.112. The van der Waals surface area contributed by atoms with Crippen LogP contribution in [0.25, 0.3) is 0 Å². The number of aromatic amines is 1. The molecule has 0 saturated carbocycles. The van der Waals surface area contributed by atoms with E-state index < -0.39 is 5.91 Å². The van der Waals surface area contributed by atoms with Crippen LogP contribution in [0.4, 0.5) is 0 Å². The largest absolute Gasteiger partial charge is 0.329 e. The maximum absolute atomic E-state index is 11.2. The van der Waals surface area contributed by atoms with Crippen LogP contribution < -0.4 is 10.9 Å². The maximum Gasteiger partial charge on any atom is 0.260 e. The van der Waals surface area contributed by atoms with Crippen LogP contribution in [-0.4, -0.2) is 10.9 Å². The number of carbonyl (C=O) groups is 1. The van der Waals surface area contributed by atoms with Gasteiger partial charge in [-0.3, -0.25) is 9.59 Å². The zero-order valence-electron chi connectivity index (χ0n) is 7.20. The van der Waals surface area contributed by atoms with Gasteiger partial charge in [0.05, 0.1) is 0 Å². The average Bonchev–Trinajstić information content (AvgIpc) is 2.15. The number of pyridine rings is 1. The summed E-state index contributed by atoms with van der Waals surface area (Å²) in [6.45, 7) is 1.77. The Kier molecular flexibility index (Phi) is 3.03. The van der Waals surface area contributed by atoms with E-state index in [1.807, 2.05) is 0 Å². The fraction of sp³-hybridized carbons (Fsp3) is 0.111. The van der Waals surface area contributed by atoms with Gasteiger partial charge in [-0.05, 0) is 25.3 Å². The molecule has 0 spiro atoms. The highest BCUT2D eigenvalue weighted by atomic mass is 16.2. The molecule has 1 aromatic heterocycles. The molecule has 1 rings (SSSR count). The molecule has 68 valence electrons. The summed E-state index contributed by atoms with van der Waals surface area (Å²) in [5.41, 5.74) is -0.273. The number of hydrogen-bond acceptors (Lipinski definition) is 2. The molecule has 0 unspecified atom stereocenters. The number of H-pyrrole nitrogens is 1. The summed E-state index contributed by atoms with van der Waals surface area (Å²) in [5, 5.41) is 2.45. The standard InChI is InChI=1S/C9H10N2O2/c1-2-5-10-8(12)7-4-3-6-11-9(7)13/h2-6H,1H3,(H,10,12)(H,11,13)/b5-2-. The molecule has 1 heterocycles. The lowest BCUT2D eigenvalue weighted by Gasteiger charge is -1.97. The Balaban J connectivity index is 2.89. The number of aromatic nitrogens is 1. The first-order valence-corrected chi connectivity index (χ1v) is 3.85. The van der Waals surface area contributed by atoms with Crippen LogP contribution in [0.5, 0.6) is 0 Å². The average molecular weight is 178 g/mol. The smallest absolute Gasteiger partial charge is 0.260 e. The molecule has 0 aromatic carbocycles. The van der Waals surface area contributed by atoms with Crippen molar-refractivity contribution in [2.24, 2.45) is 0 Å². The van der Waals surface area contributed by atoms with Gasteiger partial charge in [-0.15, -0.1) is 0 Å². The van der Waals surface area contributed by atoms with Crippen molar-refractivity contribution in [2.45, 2.75) is 6.92 Å². The third-order valence-corrected chi connectivity index (χ3v) is 1.44. The van der Waals surface area contributed by atoms with Crippen molar-refractivity contribution in [1.82, 2.24) is 10.3 Å². The molecule has 0 aliphatic rings. The monoisotopic (exact) mass is 178 g/mol. The van der Waals surface area contributed by atoms with Crippen LogP contribution in [0, 0.1) is 0 Å². The first-order chi connectivity index (χ1) is 6.25. The van der Waals surface area contributed by atoms with Crippen molar-refractivity contribution in [3.63, 3.8) is 0 Å². The van der Waals surface area contributed by atoms with Crippen LogP contribution in [0.2, 0.25) is 0 Å². The zero-order valence-corrected chi connectivity index (χ0v) is 7.20. The molecule has 0 atom stereocenters. The van der Waals surface area contributed by atoms with E-state index in [4.69, 9.17) is 0 Å². The van der Waals surface area contributed by atoms with Gasteiger partial charge >= 0.3 is 0 Å². The van der Waals surface area contributed by atoms with Crippen LogP contribution >= 0.6 is 0 Å². The van der Waals surface area contributed by atoms with Crippen LogP contribution in [-0.2, 0) is 0 Å². The number of rotatable bonds is 2. The summed E-state index contributed by atoms with van der Waals surface area (Å²) < 4.78 is 0. The predicted octanol–water partition coefficient (Wildman–Crippen LogP) is 0.638. The number of nitrogens with one attached hydrogen (secondary N) is 2. The van der Waals surface area contributed by atoms with Gasteiger partial charge in [0.15, 0.2) is 0 Å². The van der Waals surface area contributed by atoms with Crippen molar-refractivity contribution in [1.29, 1.82) is 0 Å². The molecule has 0 aliphatic carbocycles. The van der Waals surface area contributed by atoms with E-state index in [0.717, 1.165) is 0 Å². The molecule has 0 aliphatic heterocycles. The van der Waals surface area contributed by atoms with E-state index in [1.54, 1.807) is 19.1 Å². The summed E-state index contributed by atoms with van der Waals surface area (Å²) >= 11 is 0. The van der Waals surface area contributed by atoms with Gasteiger partial charge in [0, 0.05) is 6.20 Å². The van der Waals surface area contributed by atoms with E-state index in [-0.39, 0.29) is 11.1 Å². The topological polar surface area (TPSA) is 62.0 Å².